The molecule has 8 heteroatoms. The summed E-state index contributed by atoms with van der Waals surface area (Å²) in [6.07, 6.45) is 5.69. The van der Waals surface area contributed by atoms with Crippen LogP contribution in [-0.4, -0.2) is 29.4 Å². The van der Waals surface area contributed by atoms with E-state index in [-0.39, 0.29) is 42.2 Å². The molecule has 3 aliphatic rings. The summed E-state index contributed by atoms with van der Waals surface area (Å²) in [5.41, 5.74) is 5.85. The van der Waals surface area contributed by atoms with Gasteiger partial charge in [0.2, 0.25) is 11.8 Å². The van der Waals surface area contributed by atoms with E-state index in [0.29, 0.717) is 10.3 Å². The molecule has 0 radical (unpaired) electrons. The van der Waals surface area contributed by atoms with Gasteiger partial charge in [-0.3, -0.25) is 14.4 Å². The number of rotatable bonds is 6. The van der Waals surface area contributed by atoms with Crippen LogP contribution in [0.4, 0.5) is 5.69 Å². The van der Waals surface area contributed by atoms with Crippen LogP contribution in [0.1, 0.15) is 32.1 Å². The second-order valence-corrected chi connectivity index (χ2v) is 8.63. The van der Waals surface area contributed by atoms with E-state index in [4.69, 9.17) is 10.5 Å². The van der Waals surface area contributed by atoms with Gasteiger partial charge in [-0.2, -0.15) is 0 Å². The van der Waals surface area contributed by atoms with Gasteiger partial charge in [-0.25, -0.2) is 4.98 Å². The van der Waals surface area contributed by atoms with Gasteiger partial charge in [-0.05, 0) is 71.0 Å². The first-order valence-corrected chi connectivity index (χ1v) is 10.1. The molecule has 27 heavy (non-hydrogen) atoms. The van der Waals surface area contributed by atoms with Crippen LogP contribution in [0.2, 0.25) is 0 Å². The highest BCUT2D eigenvalue weighted by Crippen LogP contribution is 2.74. The van der Waals surface area contributed by atoms with Gasteiger partial charge < -0.3 is 15.8 Å². The van der Waals surface area contributed by atoms with Crippen molar-refractivity contribution in [3.8, 4) is 0 Å². The van der Waals surface area contributed by atoms with Crippen molar-refractivity contribution in [3.05, 3.63) is 22.9 Å². The zero-order chi connectivity index (χ0) is 19.2. The first-order valence-electron chi connectivity index (χ1n) is 9.30. The number of ether oxygens (including phenoxy) is 1. The number of halogens is 1. The van der Waals surface area contributed by atoms with Crippen LogP contribution in [0.25, 0.3) is 0 Å². The fourth-order valence-electron chi connectivity index (χ4n) is 5.35. The van der Waals surface area contributed by atoms with E-state index in [1.165, 1.54) is 0 Å². The van der Waals surface area contributed by atoms with E-state index in [1.807, 2.05) is 0 Å². The number of carbonyl (C=O) groups is 3. The Labute approximate surface area is 165 Å². The van der Waals surface area contributed by atoms with E-state index >= 15 is 0 Å². The lowest BCUT2D eigenvalue weighted by molar-refractivity contribution is -0.155. The number of nitrogens with zero attached hydrogens (tertiary/aromatic N) is 1. The number of amides is 2. The maximum Gasteiger partial charge on any atom is 0.310 e. The summed E-state index contributed by atoms with van der Waals surface area (Å²) in [5, 5.41) is 2.92. The van der Waals surface area contributed by atoms with Crippen LogP contribution in [0.3, 0.4) is 0 Å². The predicted octanol–water partition coefficient (Wildman–Crippen LogP) is 2.25. The smallest absolute Gasteiger partial charge is 0.310 e. The van der Waals surface area contributed by atoms with E-state index in [1.54, 1.807) is 18.3 Å². The first kappa shape index (κ1) is 18.4. The van der Waals surface area contributed by atoms with Gasteiger partial charge in [0.15, 0.2) is 0 Å². The SMILES string of the molecule is NC(=O)CCOC(=O)[C@H]1[C@H](C(=O)Nc2ccc(Br)nc2)[C@@H]2CC[C@H]1C21CC1. The number of anilines is 1. The Morgan fingerprint density at radius 3 is 2.52 bits per heavy atom. The zero-order valence-electron chi connectivity index (χ0n) is 14.8. The molecule has 144 valence electrons. The molecule has 3 N–H and O–H groups in total. The average Bonchev–Trinajstić information content (AvgIpc) is 3.29. The van der Waals surface area contributed by atoms with Gasteiger partial charge >= 0.3 is 5.97 Å². The molecule has 2 bridgehead atoms. The number of esters is 1. The zero-order valence-corrected chi connectivity index (χ0v) is 16.4. The Morgan fingerprint density at radius 2 is 1.93 bits per heavy atom. The summed E-state index contributed by atoms with van der Waals surface area (Å²) in [5.74, 6) is -1.44. The van der Waals surface area contributed by atoms with Crippen LogP contribution in [-0.2, 0) is 19.1 Å². The molecule has 4 rings (SSSR count). The summed E-state index contributed by atoms with van der Waals surface area (Å²) in [6, 6.07) is 3.53. The molecular weight excluding hydrogens is 414 g/mol. The Bertz CT molecular complexity index is 778. The third-order valence-electron chi connectivity index (χ3n) is 6.51. The summed E-state index contributed by atoms with van der Waals surface area (Å²) in [6.45, 7) is -0.0278. The molecule has 3 aliphatic carbocycles. The molecule has 1 aromatic heterocycles. The van der Waals surface area contributed by atoms with Crippen LogP contribution >= 0.6 is 15.9 Å². The van der Waals surface area contributed by atoms with Crippen molar-refractivity contribution in [2.45, 2.75) is 32.1 Å². The van der Waals surface area contributed by atoms with Gasteiger partial charge in [0.1, 0.15) is 11.2 Å². The van der Waals surface area contributed by atoms with Crippen molar-refractivity contribution in [1.29, 1.82) is 0 Å². The van der Waals surface area contributed by atoms with Crippen molar-refractivity contribution in [2.24, 2.45) is 34.8 Å². The van der Waals surface area contributed by atoms with Crippen molar-refractivity contribution in [2.75, 3.05) is 11.9 Å². The summed E-state index contributed by atoms with van der Waals surface area (Å²) in [7, 11) is 0. The number of pyridine rings is 1. The number of nitrogens with two attached hydrogens (primary N) is 1. The third-order valence-corrected chi connectivity index (χ3v) is 6.98. The topological polar surface area (TPSA) is 111 Å². The van der Waals surface area contributed by atoms with Gasteiger partial charge in [0.05, 0.1) is 30.1 Å². The molecule has 0 saturated heterocycles. The Kier molecular flexibility index (Phi) is 4.70. The quantitative estimate of drug-likeness (QED) is 0.525. The van der Waals surface area contributed by atoms with Crippen LogP contribution < -0.4 is 11.1 Å². The van der Waals surface area contributed by atoms with Gasteiger partial charge in [-0.15, -0.1) is 0 Å². The lowest BCUT2D eigenvalue weighted by Crippen LogP contribution is -2.39. The molecule has 1 heterocycles. The predicted molar refractivity (Wildman–Crippen MR) is 100 cm³/mol. The second-order valence-electron chi connectivity index (χ2n) is 7.82. The molecule has 7 nitrogen and oxygen atoms in total. The molecule has 3 saturated carbocycles. The van der Waals surface area contributed by atoms with Crippen molar-refractivity contribution < 1.29 is 19.1 Å². The van der Waals surface area contributed by atoms with E-state index in [2.05, 4.69) is 26.2 Å². The van der Waals surface area contributed by atoms with E-state index in [9.17, 15) is 14.4 Å². The first-order chi connectivity index (χ1) is 12.9. The number of hydrogen-bond acceptors (Lipinski definition) is 5. The maximum absolute atomic E-state index is 13.1. The van der Waals surface area contributed by atoms with Crippen molar-refractivity contribution in [3.63, 3.8) is 0 Å². The summed E-state index contributed by atoms with van der Waals surface area (Å²) >= 11 is 3.27. The summed E-state index contributed by atoms with van der Waals surface area (Å²) in [4.78, 5) is 40.9. The number of nitrogens with one attached hydrogen (secondary N) is 1. The molecule has 0 aromatic carbocycles. The lowest BCUT2D eigenvalue weighted by atomic mass is 9.78. The molecule has 0 aliphatic heterocycles. The highest BCUT2D eigenvalue weighted by molar-refractivity contribution is 9.10. The molecule has 3 fully saturated rings. The second kappa shape index (κ2) is 6.89. The molecule has 4 atom stereocenters. The van der Waals surface area contributed by atoms with E-state index < -0.39 is 17.7 Å². The Morgan fingerprint density at radius 1 is 1.22 bits per heavy atom. The highest BCUT2D eigenvalue weighted by Gasteiger charge is 2.71. The minimum absolute atomic E-state index is 0.000869. The van der Waals surface area contributed by atoms with Crippen LogP contribution in [0, 0.1) is 29.1 Å². The van der Waals surface area contributed by atoms with Gasteiger partial charge in [0.25, 0.3) is 0 Å². The largest absolute Gasteiger partial charge is 0.465 e. The minimum Gasteiger partial charge on any atom is -0.465 e. The highest BCUT2D eigenvalue weighted by atomic mass is 79.9. The molecular formula is C19H22BrN3O4. The number of primary amides is 1. The lowest BCUT2D eigenvalue weighted by Gasteiger charge is -2.28. The number of hydrogen-bond donors (Lipinski definition) is 2. The van der Waals surface area contributed by atoms with Crippen molar-refractivity contribution in [1.82, 2.24) is 4.98 Å². The fourth-order valence-corrected chi connectivity index (χ4v) is 5.58. The maximum atomic E-state index is 13.1. The van der Waals surface area contributed by atoms with Crippen molar-refractivity contribution >= 4 is 39.4 Å². The number of aromatic nitrogens is 1. The van der Waals surface area contributed by atoms with E-state index in [0.717, 1.165) is 25.7 Å². The molecule has 1 spiro atoms. The standard InChI is InChI=1S/C19H22BrN3O4/c20-13-4-1-10(9-22-13)23-17(25)15-11-2-3-12(19(11)6-7-19)16(15)18(26)27-8-5-14(21)24/h1,4,9,11-12,15-16H,2-3,5-8H2,(H2,21,24)(H,23,25)/t11-,12+,15+,16+/m0/s1. The minimum atomic E-state index is -0.508. The molecule has 0 unspecified atom stereocenters. The van der Waals surface area contributed by atoms with Gasteiger partial charge in [-0.1, -0.05) is 0 Å². The third kappa shape index (κ3) is 3.24. The summed E-state index contributed by atoms with van der Waals surface area (Å²) < 4.78 is 6.01. The fraction of sp³-hybridized carbons (Fsp3) is 0.579. The van der Waals surface area contributed by atoms with Gasteiger partial charge in [0, 0.05) is 0 Å². The monoisotopic (exact) mass is 435 g/mol. The average molecular weight is 436 g/mol. The molecule has 2 amide bonds. The van der Waals surface area contributed by atoms with Crippen LogP contribution in [0.15, 0.2) is 22.9 Å². The Balaban J connectivity index is 1.51. The molecule has 1 aromatic rings. The van der Waals surface area contributed by atoms with Crippen LogP contribution in [0.5, 0.6) is 0 Å². The normalized spacial score (nSPS) is 29.5. The number of carbonyl (C=O) groups excluding carboxylic acids is 3. The Hall–Kier alpha value is -1.96.